The Bertz CT molecular complexity index is 4130. The van der Waals surface area contributed by atoms with Crippen LogP contribution in [-0.4, -0.2) is 80.4 Å². The van der Waals surface area contributed by atoms with Crippen molar-refractivity contribution in [2.24, 2.45) is 0 Å². The number of hydrogen-bond donors (Lipinski definition) is 3. The molecule has 1 fully saturated rings. The molecule has 18 rings (SSSR count). The number of likely N-dealkylation sites (N-methyl/N-ethyl adjacent to an activating group) is 2. The minimum absolute atomic E-state index is 0.0848. The highest BCUT2D eigenvalue weighted by Crippen LogP contribution is 2.72. The molecular weight excluding hydrogens is 713 g/mol. The Labute approximate surface area is 327 Å². The second-order valence-corrected chi connectivity index (χ2v) is 19.0. The molecule has 58 heavy (non-hydrogen) atoms. The van der Waals surface area contributed by atoms with Crippen LogP contribution in [0.3, 0.4) is 0 Å². The number of aliphatic hydroxyl groups is 1. The maximum Gasteiger partial charge on any atom is 0.239 e. The van der Waals surface area contributed by atoms with Crippen LogP contribution in [0.2, 0.25) is 0 Å². The standard InChI is InChI=1S/C52H32N4O2/c1-55-14-3-15-56(2)17-13-54-51(58)52(50(57)53-12-16-55)48-34-24-10-8-22-20-6-4-18-19-5-7-21-23-9-11-25-33-31(23)38-29(21)27(19)36-26(18)28(20)37-30(22)32(24)39-41(34)42(35(25)49(48)52)40(33)47-45(38)43(36)44(37)46(39)47/h4-11,50,53,57H,3,12-17H2,1-2H3,(H,54,58)/t50-/m0/s1. The molecule has 1 heterocycles. The number of benzene rings is 10. The van der Waals surface area contributed by atoms with Crippen molar-refractivity contribution in [2.45, 2.75) is 18.1 Å². The number of nitrogens with zero attached hydrogens (tertiary/aromatic N) is 2. The van der Waals surface area contributed by atoms with Gasteiger partial charge in [-0.1, -0.05) is 48.5 Å². The largest absolute Gasteiger partial charge is 0.377 e. The topological polar surface area (TPSA) is 67.8 Å². The van der Waals surface area contributed by atoms with Gasteiger partial charge < -0.3 is 20.2 Å². The minimum Gasteiger partial charge on any atom is -0.377 e. The summed E-state index contributed by atoms with van der Waals surface area (Å²) in [4.78, 5) is 20.0. The molecule has 0 saturated carbocycles. The molecule has 1 spiro atoms. The molecule has 16 aromatic carbocycles. The van der Waals surface area contributed by atoms with Gasteiger partial charge in [-0.15, -0.1) is 0 Å². The van der Waals surface area contributed by atoms with Crippen molar-refractivity contribution >= 4 is 167 Å². The first-order valence-corrected chi connectivity index (χ1v) is 21.3. The number of amides is 1. The molecule has 0 aromatic heterocycles. The lowest BCUT2D eigenvalue weighted by molar-refractivity contribution is -0.127. The van der Waals surface area contributed by atoms with Gasteiger partial charge in [-0.05, 0) is 206 Å². The Morgan fingerprint density at radius 2 is 0.759 bits per heavy atom. The van der Waals surface area contributed by atoms with Gasteiger partial charge >= 0.3 is 0 Å². The van der Waals surface area contributed by atoms with Crippen molar-refractivity contribution in [1.29, 1.82) is 0 Å². The smallest absolute Gasteiger partial charge is 0.239 e. The first-order chi connectivity index (χ1) is 28.5. The van der Waals surface area contributed by atoms with Gasteiger partial charge in [-0.25, -0.2) is 0 Å². The van der Waals surface area contributed by atoms with E-state index >= 15 is 4.79 Å². The number of aliphatic hydroxyl groups excluding tert-OH is 1. The highest BCUT2D eigenvalue weighted by Gasteiger charge is 2.65. The summed E-state index contributed by atoms with van der Waals surface area (Å²) in [7, 11) is 4.31. The van der Waals surface area contributed by atoms with Gasteiger partial charge in [0.1, 0.15) is 11.6 Å². The molecular formula is C52H32N4O2. The summed E-state index contributed by atoms with van der Waals surface area (Å²) in [5, 5.41) is 61.1. The SMILES string of the molecule is CN1CCCN(C)CCN[C@@H](O)C2(C(=O)NCC1)c1c2c2c3ccc4c5ccc6c7ccc8c9ccc%10c1c1c2c2c3c4c3c5c6c4c7c8c5c9c%10c1c1c5c4c3c21. The third-order valence-corrected chi connectivity index (χ3v) is 16.9. The fourth-order valence-corrected chi connectivity index (χ4v) is 15.0. The summed E-state index contributed by atoms with van der Waals surface area (Å²) < 4.78 is 0. The van der Waals surface area contributed by atoms with E-state index in [9.17, 15) is 5.11 Å². The van der Waals surface area contributed by atoms with Crippen molar-refractivity contribution in [3.8, 4) is 0 Å². The molecule has 1 atom stereocenters. The Kier molecular flexibility index (Phi) is 4.03. The number of rotatable bonds is 0. The monoisotopic (exact) mass is 744 g/mol. The van der Waals surface area contributed by atoms with E-state index in [-0.39, 0.29) is 5.91 Å². The molecule has 6 nitrogen and oxygen atoms in total. The van der Waals surface area contributed by atoms with E-state index in [1.807, 2.05) is 0 Å². The van der Waals surface area contributed by atoms with Crippen molar-refractivity contribution in [3.05, 3.63) is 59.7 Å². The average molecular weight is 745 g/mol. The van der Waals surface area contributed by atoms with E-state index in [0.717, 1.165) is 43.7 Å². The Morgan fingerprint density at radius 3 is 1.17 bits per heavy atom. The fourth-order valence-electron chi connectivity index (χ4n) is 15.0. The number of carbonyl (C=O) groups excluding carboxylic acids is 1. The Morgan fingerprint density at radius 1 is 0.448 bits per heavy atom. The number of hydrogen-bond acceptors (Lipinski definition) is 5. The maximum atomic E-state index is 15.4. The maximum absolute atomic E-state index is 15.4. The Hall–Kier alpha value is -5.89. The Balaban J connectivity index is 1.13. The van der Waals surface area contributed by atoms with Gasteiger partial charge in [-0.2, -0.15) is 0 Å². The summed E-state index contributed by atoms with van der Waals surface area (Å²) in [5.74, 6) is -0.0848. The van der Waals surface area contributed by atoms with E-state index in [2.05, 4.69) is 83.1 Å². The summed E-state index contributed by atoms with van der Waals surface area (Å²) >= 11 is 0. The van der Waals surface area contributed by atoms with Crippen molar-refractivity contribution in [2.75, 3.05) is 53.4 Å². The first kappa shape index (κ1) is 28.5. The van der Waals surface area contributed by atoms with Gasteiger partial charge in [0.25, 0.3) is 0 Å². The zero-order chi connectivity index (χ0) is 37.3. The molecule has 272 valence electrons. The van der Waals surface area contributed by atoms with E-state index in [1.54, 1.807) is 0 Å². The molecule has 2 aliphatic rings. The van der Waals surface area contributed by atoms with E-state index in [1.165, 1.54) is 162 Å². The lowest BCUT2D eigenvalue weighted by Gasteiger charge is -2.27. The molecule has 0 unspecified atom stereocenters. The first-order valence-electron chi connectivity index (χ1n) is 21.3. The molecule has 6 heteroatoms. The van der Waals surface area contributed by atoms with Gasteiger partial charge in [0.15, 0.2) is 0 Å². The van der Waals surface area contributed by atoms with Crippen molar-refractivity contribution in [3.63, 3.8) is 0 Å². The van der Waals surface area contributed by atoms with Crippen molar-refractivity contribution in [1.82, 2.24) is 20.4 Å². The zero-order valence-electron chi connectivity index (χ0n) is 31.9. The van der Waals surface area contributed by atoms with Crippen LogP contribution in [0.1, 0.15) is 17.5 Å². The number of fused-ring (bicyclic) bond motifs is 10. The van der Waals surface area contributed by atoms with Crippen LogP contribution in [0.15, 0.2) is 48.5 Å². The van der Waals surface area contributed by atoms with Gasteiger partial charge in [0.05, 0.1) is 0 Å². The van der Waals surface area contributed by atoms with Crippen LogP contribution in [-0.2, 0) is 10.2 Å². The summed E-state index contributed by atoms with van der Waals surface area (Å²) in [6, 6.07) is 19.2. The lowest BCUT2D eigenvalue weighted by atomic mass is 9.90. The lowest BCUT2D eigenvalue weighted by Crippen LogP contribution is -2.52. The molecule has 1 saturated heterocycles. The number of carbonyl (C=O) groups is 1. The highest BCUT2D eigenvalue weighted by molar-refractivity contribution is 6.71. The minimum atomic E-state index is -1.22. The molecule has 1 amide bonds. The van der Waals surface area contributed by atoms with Crippen LogP contribution in [0.25, 0.3) is 162 Å². The summed E-state index contributed by atoms with van der Waals surface area (Å²) in [6.45, 7) is 4.66. The van der Waals surface area contributed by atoms with Gasteiger partial charge in [-0.3, -0.25) is 10.1 Å². The van der Waals surface area contributed by atoms with Crippen LogP contribution in [0, 0.1) is 0 Å². The molecule has 16 aromatic rings. The zero-order valence-corrected chi connectivity index (χ0v) is 31.9. The van der Waals surface area contributed by atoms with Crippen LogP contribution >= 0.6 is 0 Å². The predicted molar refractivity (Wildman–Crippen MR) is 242 cm³/mol. The highest BCUT2D eigenvalue weighted by atomic mass is 16.3. The number of nitrogens with one attached hydrogen (secondary N) is 2. The normalized spacial score (nSPS) is 20.8. The molecule has 0 radical (unpaired) electrons. The van der Waals surface area contributed by atoms with Crippen molar-refractivity contribution < 1.29 is 9.90 Å². The molecule has 3 N–H and O–H groups in total. The fraction of sp³-hybridized carbons (Fsp3) is 0.212. The van der Waals surface area contributed by atoms with Crippen LogP contribution in [0.4, 0.5) is 0 Å². The van der Waals surface area contributed by atoms with E-state index in [4.69, 9.17) is 0 Å². The van der Waals surface area contributed by atoms with Gasteiger partial charge in [0.2, 0.25) is 5.91 Å². The van der Waals surface area contributed by atoms with Crippen LogP contribution in [0.5, 0.6) is 0 Å². The van der Waals surface area contributed by atoms with E-state index in [0.29, 0.717) is 13.1 Å². The summed E-state index contributed by atoms with van der Waals surface area (Å²) in [6.07, 6.45) is -0.0128. The molecule has 0 bridgehead atoms. The molecule has 1 aliphatic carbocycles. The quantitative estimate of drug-likeness (QED) is 0.135. The van der Waals surface area contributed by atoms with Gasteiger partial charge in [0, 0.05) is 26.2 Å². The third-order valence-electron chi connectivity index (χ3n) is 16.9. The second kappa shape index (κ2) is 8.20. The average Bonchev–Trinajstić information content (AvgIpc) is 3.80. The second-order valence-electron chi connectivity index (χ2n) is 19.0. The van der Waals surface area contributed by atoms with Crippen LogP contribution < -0.4 is 10.6 Å². The predicted octanol–water partition coefficient (Wildman–Crippen LogP) is 9.57. The summed E-state index contributed by atoms with van der Waals surface area (Å²) in [5.41, 5.74) is 0.846. The van der Waals surface area contributed by atoms with E-state index < -0.39 is 11.6 Å². The third kappa shape index (κ3) is 2.36. The molecule has 1 aliphatic heterocycles.